The zero-order valence-electron chi connectivity index (χ0n) is 18.3. The maximum absolute atomic E-state index is 6.35. The molecule has 0 aliphatic heterocycles. The molecule has 1 nitrogen and oxygen atoms in total. The van der Waals surface area contributed by atoms with Gasteiger partial charge in [-0.15, -0.1) is 0 Å². The highest BCUT2D eigenvalue weighted by Crippen LogP contribution is 2.38. The molecule has 0 saturated carbocycles. The van der Waals surface area contributed by atoms with Crippen LogP contribution in [-0.2, 0) is 19.3 Å². The third-order valence-electron chi connectivity index (χ3n) is 6.32. The lowest BCUT2D eigenvalue weighted by molar-refractivity contribution is 0.965. The number of benzene rings is 4. The zero-order chi connectivity index (χ0) is 22.2. The summed E-state index contributed by atoms with van der Waals surface area (Å²) in [7, 11) is 0. The van der Waals surface area contributed by atoms with Crippen molar-refractivity contribution in [1.82, 2.24) is 0 Å². The summed E-state index contributed by atoms with van der Waals surface area (Å²) in [5.41, 5.74) is 11.3. The van der Waals surface area contributed by atoms with Gasteiger partial charge in [-0.1, -0.05) is 64.7 Å². The van der Waals surface area contributed by atoms with Gasteiger partial charge in [0.1, 0.15) is 0 Å². The monoisotopic (exact) mass is 457 g/mol. The van der Waals surface area contributed by atoms with Crippen molar-refractivity contribution in [3.63, 3.8) is 0 Å². The van der Waals surface area contributed by atoms with Crippen molar-refractivity contribution in [2.75, 3.05) is 4.90 Å². The lowest BCUT2D eigenvalue weighted by atomic mass is 9.99. The van der Waals surface area contributed by atoms with Crippen LogP contribution >= 0.6 is 23.2 Å². The fourth-order valence-electron chi connectivity index (χ4n) is 4.50. The summed E-state index contributed by atoms with van der Waals surface area (Å²) < 4.78 is 0. The van der Waals surface area contributed by atoms with Gasteiger partial charge < -0.3 is 4.90 Å². The first kappa shape index (κ1) is 21.1. The van der Waals surface area contributed by atoms with E-state index < -0.39 is 0 Å². The third kappa shape index (κ3) is 4.16. The summed E-state index contributed by atoms with van der Waals surface area (Å²) in [6.45, 7) is 4.24. The van der Waals surface area contributed by atoms with E-state index in [0.717, 1.165) is 30.6 Å². The standard InChI is InChI=1S/C29H25Cl2N/c1-19-3-10-25(11-4-19)32(26-12-5-20(2)6-13-26)27-14-9-21-7-8-22-17-28(30)29(31)18-24(22)15-23(21)16-27/h3-6,9-14,16-18H,7-8,15H2,1-2H3. The Kier molecular flexibility index (Phi) is 5.71. The number of rotatable bonds is 3. The molecule has 0 amide bonds. The van der Waals surface area contributed by atoms with Crippen molar-refractivity contribution >= 4 is 40.3 Å². The van der Waals surface area contributed by atoms with Gasteiger partial charge in [0.25, 0.3) is 0 Å². The summed E-state index contributed by atoms with van der Waals surface area (Å²) in [6, 6.07) is 28.4. The Labute approximate surface area is 200 Å². The molecule has 1 aliphatic rings. The number of anilines is 3. The minimum Gasteiger partial charge on any atom is -0.310 e. The summed E-state index contributed by atoms with van der Waals surface area (Å²) >= 11 is 12.6. The zero-order valence-corrected chi connectivity index (χ0v) is 19.8. The maximum Gasteiger partial charge on any atom is 0.0595 e. The second-order valence-electron chi connectivity index (χ2n) is 8.67. The Morgan fingerprint density at radius 1 is 0.531 bits per heavy atom. The van der Waals surface area contributed by atoms with Gasteiger partial charge in [0.05, 0.1) is 10.0 Å². The van der Waals surface area contributed by atoms with Gasteiger partial charge in [-0.2, -0.15) is 0 Å². The Balaban J connectivity index is 1.60. The van der Waals surface area contributed by atoms with Crippen LogP contribution in [0.1, 0.15) is 33.4 Å². The van der Waals surface area contributed by atoms with Crippen molar-refractivity contribution in [3.8, 4) is 0 Å². The first-order chi connectivity index (χ1) is 15.5. The Morgan fingerprint density at radius 3 is 1.59 bits per heavy atom. The molecule has 0 bridgehead atoms. The van der Waals surface area contributed by atoms with Gasteiger partial charge in [-0.3, -0.25) is 0 Å². The van der Waals surface area contributed by atoms with E-state index in [-0.39, 0.29) is 0 Å². The fraction of sp³-hybridized carbons (Fsp3) is 0.172. The summed E-state index contributed by atoms with van der Waals surface area (Å²) in [5.74, 6) is 0. The number of fused-ring (bicyclic) bond motifs is 2. The molecule has 0 atom stereocenters. The second-order valence-corrected chi connectivity index (χ2v) is 9.49. The van der Waals surface area contributed by atoms with Gasteiger partial charge >= 0.3 is 0 Å². The Bertz CT molecular complexity index is 1230. The molecule has 160 valence electrons. The highest BCUT2D eigenvalue weighted by molar-refractivity contribution is 6.42. The number of nitrogens with zero attached hydrogens (tertiary/aromatic N) is 1. The molecule has 4 aromatic carbocycles. The molecule has 0 N–H and O–H groups in total. The van der Waals surface area contributed by atoms with E-state index in [1.54, 1.807) is 0 Å². The quantitative estimate of drug-likeness (QED) is 0.297. The van der Waals surface area contributed by atoms with Crippen LogP contribution in [0.4, 0.5) is 17.1 Å². The molecule has 0 heterocycles. The molecule has 0 aromatic heterocycles. The lowest BCUT2D eigenvalue weighted by Gasteiger charge is -2.26. The van der Waals surface area contributed by atoms with Crippen molar-refractivity contribution in [2.24, 2.45) is 0 Å². The van der Waals surface area contributed by atoms with Crippen LogP contribution in [0.25, 0.3) is 0 Å². The van der Waals surface area contributed by atoms with Crippen LogP contribution < -0.4 is 4.90 Å². The van der Waals surface area contributed by atoms with E-state index in [1.807, 2.05) is 12.1 Å². The number of aryl methyl sites for hydroxylation is 4. The molecular formula is C29H25Cl2N. The predicted molar refractivity (Wildman–Crippen MR) is 137 cm³/mol. The van der Waals surface area contributed by atoms with Crippen molar-refractivity contribution in [2.45, 2.75) is 33.1 Å². The van der Waals surface area contributed by atoms with E-state index in [4.69, 9.17) is 23.2 Å². The van der Waals surface area contributed by atoms with Gasteiger partial charge in [0.15, 0.2) is 0 Å². The predicted octanol–water partition coefficient (Wildman–Crippen LogP) is 8.77. The van der Waals surface area contributed by atoms with Crippen LogP contribution in [0.5, 0.6) is 0 Å². The summed E-state index contributed by atoms with van der Waals surface area (Å²) in [5, 5.41) is 1.27. The van der Waals surface area contributed by atoms with E-state index in [9.17, 15) is 0 Å². The average Bonchev–Trinajstić information content (AvgIpc) is 2.95. The lowest BCUT2D eigenvalue weighted by Crippen LogP contribution is -2.11. The van der Waals surface area contributed by atoms with E-state index in [2.05, 4.69) is 85.5 Å². The van der Waals surface area contributed by atoms with Crippen molar-refractivity contribution in [1.29, 1.82) is 0 Å². The van der Waals surface area contributed by atoms with E-state index in [0.29, 0.717) is 10.0 Å². The van der Waals surface area contributed by atoms with Crippen molar-refractivity contribution in [3.05, 3.63) is 122 Å². The fourth-order valence-corrected chi connectivity index (χ4v) is 4.87. The minimum atomic E-state index is 0.631. The van der Waals surface area contributed by atoms with Crippen LogP contribution in [0.3, 0.4) is 0 Å². The molecule has 0 unspecified atom stereocenters. The van der Waals surface area contributed by atoms with Crippen molar-refractivity contribution < 1.29 is 0 Å². The molecule has 5 rings (SSSR count). The molecule has 0 fully saturated rings. The maximum atomic E-state index is 6.35. The normalized spacial score (nSPS) is 12.6. The van der Waals surface area contributed by atoms with Crippen LogP contribution in [0, 0.1) is 13.8 Å². The molecular weight excluding hydrogens is 433 g/mol. The van der Waals surface area contributed by atoms with Gasteiger partial charge in [-0.25, -0.2) is 0 Å². The molecule has 0 spiro atoms. The van der Waals surface area contributed by atoms with E-state index >= 15 is 0 Å². The van der Waals surface area contributed by atoms with Crippen LogP contribution in [0.2, 0.25) is 10.0 Å². The molecule has 1 aliphatic carbocycles. The highest BCUT2D eigenvalue weighted by atomic mass is 35.5. The Hall–Kier alpha value is -2.74. The smallest absolute Gasteiger partial charge is 0.0595 e. The molecule has 0 saturated heterocycles. The van der Waals surface area contributed by atoms with Crippen LogP contribution in [0.15, 0.2) is 78.9 Å². The largest absolute Gasteiger partial charge is 0.310 e. The topological polar surface area (TPSA) is 3.24 Å². The number of hydrogen-bond acceptors (Lipinski definition) is 1. The first-order valence-electron chi connectivity index (χ1n) is 11.0. The third-order valence-corrected chi connectivity index (χ3v) is 7.04. The van der Waals surface area contributed by atoms with E-state index in [1.165, 1.54) is 39.1 Å². The SMILES string of the molecule is Cc1ccc(N(c2ccc(C)cc2)c2ccc3c(c2)Cc2cc(Cl)c(Cl)cc2CC3)cc1. The van der Waals surface area contributed by atoms with Crippen LogP contribution in [-0.4, -0.2) is 0 Å². The molecule has 32 heavy (non-hydrogen) atoms. The van der Waals surface area contributed by atoms with Gasteiger partial charge in [0, 0.05) is 17.1 Å². The summed E-state index contributed by atoms with van der Waals surface area (Å²) in [6.07, 6.45) is 2.86. The second kappa shape index (κ2) is 8.65. The first-order valence-corrected chi connectivity index (χ1v) is 11.8. The highest BCUT2D eigenvalue weighted by Gasteiger charge is 2.18. The van der Waals surface area contributed by atoms with Gasteiger partial charge in [0.2, 0.25) is 0 Å². The molecule has 4 aromatic rings. The number of halogens is 2. The Morgan fingerprint density at radius 2 is 1.00 bits per heavy atom. The number of hydrogen-bond donors (Lipinski definition) is 0. The minimum absolute atomic E-state index is 0.631. The molecule has 3 heteroatoms. The van der Waals surface area contributed by atoms with Gasteiger partial charge in [-0.05, 0) is 104 Å². The summed E-state index contributed by atoms with van der Waals surface area (Å²) in [4.78, 5) is 2.33. The average molecular weight is 458 g/mol. The molecule has 0 radical (unpaired) electrons.